The molecule has 5 nitrogen and oxygen atoms in total. The van der Waals surface area contributed by atoms with Gasteiger partial charge in [0.25, 0.3) is 0 Å². The third-order valence-electron chi connectivity index (χ3n) is 6.62. The molecule has 0 bridgehead atoms. The Morgan fingerprint density at radius 3 is 2.63 bits per heavy atom. The van der Waals surface area contributed by atoms with Gasteiger partial charge in [-0.15, -0.1) is 23.1 Å². The molecule has 5 rings (SSSR count). The lowest BCUT2D eigenvalue weighted by atomic mass is 9.83. The number of thiophene rings is 1. The standard InChI is InChI=1S/C28H27N3O2S2/c1-17(34-22-9-5-8-21(15-22)30-27(33)19-10-11-19)26(32)31-28-24(16-29)23-13-12-20(14-25(23)35-28)18-6-3-2-4-7-18/h2-9,15,17,19-20H,10-14H2,1H3,(H,30,33)(H,31,32). The Balaban J connectivity index is 1.25. The van der Waals surface area contributed by atoms with E-state index in [2.05, 4.69) is 41.0 Å². The Bertz CT molecular complexity index is 1290. The molecule has 2 atom stereocenters. The fraction of sp³-hybridized carbons (Fsp3) is 0.321. The number of carbonyl (C=O) groups excluding carboxylic acids is 2. The van der Waals surface area contributed by atoms with Crippen molar-refractivity contribution in [1.82, 2.24) is 0 Å². The van der Waals surface area contributed by atoms with E-state index in [0.717, 1.165) is 48.3 Å². The van der Waals surface area contributed by atoms with E-state index in [0.29, 0.717) is 16.5 Å². The van der Waals surface area contributed by atoms with E-state index >= 15 is 0 Å². The summed E-state index contributed by atoms with van der Waals surface area (Å²) in [6, 6.07) is 20.5. The third-order valence-corrected chi connectivity index (χ3v) is 8.88. The second-order valence-electron chi connectivity index (χ2n) is 9.21. The number of nitriles is 1. The van der Waals surface area contributed by atoms with Crippen LogP contribution in [0.4, 0.5) is 10.7 Å². The highest BCUT2D eigenvalue weighted by molar-refractivity contribution is 8.00. The molecule has 2 amide bonds. The van der Waals surface area contributed by atoms with Crippen LogP contribution in [0.25, 0.3) is 0 Å². The number of anilines is 2. The maximum Gasteiger partial charge on any atom is 0.238 e. The third kappa shape index (κ3) is 5.44. The summed E-state index contributed by atoms with van der Waals surface area (Å²) in [6.45, 7) is 1.86. The van der Waals surface area contributed by atoms with Crippen LogP contribution in [0, 0.1) is 17.2 Å². The van der Waals surface area contributed by atoms with E-state index in [1.165, 1.54) is 22.2 Å². The number of amides is 2. The molecule has 1 fully saturated rings. The van der Waals surface area contributed by atoms with Gasteiger partial charge in [-0.2, -0.15) is 5.26 Å². The predicted molar refractivity (Wildman–Crippen MR) is 142 cm³/mol. The highest BCUT2D eigenvalue weighted by Crippen LogP contribution is 2.42. The molecular formula is C28H27N3O2S2. The molecule has 2 aromatic carbocycles. The summed E-state index contributed by atoms with van der Waals surface area (Å²) in [7, 11) is 0. The van der Waals surface area contributed by atoms with Crippen molar-refractivity contribution < 1.29 is 9.59 Å². The normalized spacial score (nSPS) is 17.7. The molecule has 0 aliphatic heterocycles. The summed E-state index contributed by atoms with van der Waals surface area (Å²) >= 11 is 2.98. The minimum atomic E-state index is -0.355. The average Bonchev–Trinajstić information content (AvgIpc) is 3.66. The van der Waals surface area contributed by atoms with Crippen LogP contribution in [-0.4, -0.2) is 17.1 Å². The van der Waals surface area contributed by atoms with Crippen molar-refractivity contribution in [2.45, 2.75) is 55.1 Å². The Morgan fingerprint density at radius 2 is 1.89 bits per heavy atom. The van der Waals surface area contributed by atoms with Crippen LogP contribution in [0.1, 0.15) is 53.7 Å². The van der Waals surface area contributed by atoms with Crippen molar-refractivity contribution in [3.8, 4) is 6.07 Å². The molecule has 0 spiro atoms. The maximum absolute atomic E-state index is 13.0. The van der Waals surface area contributed by atoms with Gasteiger partial charge in [0.2, 0.25) is 11.8 Å². The summed E-state index contributed by atoms with van der Waals surface area (Å²) in [6.07, 6.45) is 4.68. The Morgan fingerprint density at radius 1 is 1.09 bits per heavy atom. The van der Waals surface area contributed by atoms with Crippen molar-refractivity contribution in [3.05, 3.63) is 76.2 Å². The molecule has 1 aromatic heterocycles. The molecule has 1 heterocycles. The molecule has 7 heteroatoms. The topological polar surface area (TPSA) is 82.0 Å². The lowest BCUT2D eigenvalue weighted by Gasteiger charge is -2.22. The maximum atomic E-state index is 13.0. The summed E-state index contributed by atoms with van der Waals surface area (Å²) in [4.78, 5) is 27.2. The number of fused-ring (bicyclic) bond motifs is 1. The molecule has 3 aromatic rings. The van der Waals surface area contributed by atoms with Gasteiger partial charge in [0.1, 0.15) is 11.1 Å². The van der Waals surface area contributed by atoms with Crippen molar-refractivity contribution in [3.63, 3.8) is 0 Å². The number of hydrogen-bond donors (Lipinski definition) is 2. The number of nitrogens with zero attached hydrogens (tertiary/aromatic N) is 1. The van der Waals surface area contributed by atoms with Crippen LogP contribution in [0.5, 0.6) is 0 Å². The van der Waals surface area contributed by atoms with E-state index < -0.39 is 0 Å². The van der Waals surface area contributed by atoms with Gasteiger partial charge in [-0.25, -0.2) is 0 Å². The van der Waals surface area contributed by atoms with Gasteiger partial charge < -0.3 is 10.6 Å². The zero-order chi connectivity index (χ0) is 24.4. The molecule has 2 unspecified atom stereocenters. The van der Waals surface area contributed by atoms with Crippen LogP contribution in [0.3, 0.4) is 0 Å². The molecule has 35 heavy (non-hydrogen) atoms. The number of carbonyl (C=O) groups is 2. The van der Waals surface area contributed by atoms with Crippen LogP contribution in [0.15, 0.2) is 59.5 Å². The first kappa shape index (κ1) is 23.7. The molecule has 2 aliphatic rings. The van der Waals surface area contributed by atoms with Crippen LogP contribution >= 0.6 is 23.1 Å². The number of nitrogens with one attached hydrogen (secondary N) is 2. The average molecular weight is 502 g/mol. The van der Waals surface area contributed by atoms with Crippen LogP contribution in [0.2, 0.25) is 0 Å². The molecule has 0 saturated heterocycles. The summed E-state index contributed by atoms with van der Waals surface area (Å²) in [5.41, 5.74) is 3.80. The van der Waals surface area contributed by atoms with Gasteiger partial charge in [0.15, 0.2) is 0 Å². The first-order chi connectivity index (χ1) is 17.0. The van der Waals surface area contributed by atoms with Gasteiger partial charge in [0.05, 0.1) is 10.8 Å². The van der Waals surface area contributed by atoms with Crippen molar-refractivity contribution in [1.29, 1.82) is 5.26 Å². The van der Waals surface area contributed by atoms with E-state index in [9.17, 15) is 14.9 Å². The predicted octanol–water partition coefficient (Wildman–Crippen LogP) is 6.36. The highest BCUT2D eigenvalue weighted by atomic mass is 32.2. The summed E-state index contributed by atoms with van der Waals surface area (Å²) in [5, 5.41) is 16.1. The molecule has 1 saturated carbocycles. The van der Waals surface area contributed by atoms with Gasteiger partial charge in [-0.3, -0.25) is 9.59 Å². The minimum absolute atomic E-state index is 0.0677. The molecule has 2 aliphatic carbocycles. The minimum Gasteiger partial charge on any atom is -0.326 e. The van der Waals surface area contributed by atoms with Crippen LogP contribution < -0.4 is 10.6 Å². The first-order valence-corrected chi connectivity index (χ1v) is 13.7. The Labute approximate surface area is 213 Å². The number of thioether (sulfide) groups is 1. The van der Waals surface area contributed by atoms with Crippen molar-refractivity contribution in [2.24, 2.45) is 5.92 Å². The zero-order valence-corrected chi connectivity index (χ0v) is 21.2. The second-order valence-corrected chi connectivity index (χ2v) is 11.7. The van der Waals surface area contributed by atoms with E-state index in [1.807, 2.05) is 37.3 Å². The molecule has 2 N–H and O–H groups in total. The number of benzene rings is 2. The first-order valence-electron chi connectivity index (χ1n) is 12.0. The molecule has 0 radical (unpaired) electrons. The summed E-state index contributed by atoms with van der Waals surface area (Å²) in [5.74, 6) is 0.528. The monoisotopic (exact) mass is 501 g/mol. The number of rotatable bonds is 7. The van der Waals surface area contributed by atoms with Gasteiger partial charge in [-0.1, -0.05) is 36.4 Å². The molecule has 178 valence electrons. The number of hydrogen-bond acceptors (Lipinski definition) is 5. The molecular weight excluding hydrogens is 474 g/mol. The fourth-order valence-corrected chi connectivity index (χ4v) is 6.72. The summed E-state index contributed by atoms with van der Waals surface area (Å²) < 4.78 is 0. The quantitative estimate of drug-likeness (QED) is 0.369. The lowest BCUT2D eigenvalue weighted by Crippen LogP contribution is -2.22. The van der Waals surface area contributed by atoms with Crippen LogP contribution in [-0.2, 0) is 22.4 Å². The van der Waals surface area contributed by atoms with Gasteiger partial charge >= 0.3 is 0 Å². The van der Waals surface area contributed by atoms with Crippen molar-refractivity contribution in [2.75, 3.05) is 10.6 Å². The van der Waals surface area contributed by atoms with Crippen molar-refractivity contribution >= 4 is 45.6 Å². The fourth-order valence-electron chi connectivity index (χ4n) is 4.51. The largest absolute Gasteiger partial charge is 0.326 e. The van der Waals surface area contributed by atoms with E-state index in [-0.39, 0.29) is 23.0 Å². The van der Waals surface area contributed by atoms with E-state index in [1.54, 1.807) is 11.3 Å². The zero-order valence-electron chi connectivity index (χ0n) is 19.5. The lowest BCUT2D eigenvalue weighted by molar-refractivity contribution is -0.117. The van der Waals surface area contributed by atoms with Gasteiger partial charge in [0, 0.05) is 21.4 Å². The second kappa shape index (κ2) is 10.3. The smallest absolute Gasteiger partial charge is 0.238 e. The Hall–Kier alpha value is -3.08. The van der Waals surface area contributed by atoms with E-state index in [4.69, 9.17) is 0 Å². The highest BCUT2D eigenvalue weighted by Gasteiger charge is 2.30. The Kier molecular flexibility index (Phi) is 6.94. The SMILES string of the molecule is CC(Sc1cccc(NC(=O)C2CC2)c1)C(=O)Nc1sc2c(c1C#N)CCC(c1ccccc1)C2. The van der Waals surface area contributed by atoms with Gasteiger partial charge in [-0.05, 0) is 74.3 Å².